The van der Waals surface area contributed by atoms with Crippen molar-refractivity contribution in [2.45, 2.75) is 32.9 Å². The van der Waals surface area contributed by atoms with Crippen LogP contribution in [0.3, 0.4) is 0 Å². The summed E-state index contributed by atoms with van der Waals surface area (Å²) in [7, 11) is 1.69. The zero-order valence-corrected chi connectivity index (χ0v) is 12.4. The highest BCUT2D eigenvalue weighted by Gasteiger charge is 2.19. The molecule has 0 aliphatic carbocycles. The minimum Gasteiger partial charge on any atom is -0.380 e. The van der Waals surface area contributed by atoms with Gasteiger partial charge in [0.2, 0.25) is 0 Å². The van der Waals surface area contributed by atoms with E-state index in [-0.39, 0.29) is 6.03 Å². The molecule has 0 bridgehead atoms. The van der Waals surface area contributed by atoms with Gasteiger partial charge in [-0.1, -0.05) is 31.2 Å². The molecule has 1 aromatic rings. The van der Waals surface area contributed by atoms with Crippen molar-refractivity contribution in [1.82, 2.24) is 10.2 Å². The maximum Gasteiger partial charge on any atom is 0.317 e. The molecule has 1 aliphatic rings. The molecule has 0 radical (unpaired) electrons. The van der Waals surface area contributed by atoms with Crippen molar-refractivity contribution in [1.29, 1.82) is 0 Å². The molecule has 1 aromatic carbocycles. The summed E-state index contributed by atoms with van der Waals surface area (Å²) in [6.45, 7) is 5.20. The van der Waals surface area contributed by atoms with Crippen LogP contribution in [0, 0.1) is 5.92 Å². The Morgan fingerprint density at radius 2 is 1.85 bits per heavy atom. The number of carbonyl (C=O) groups excluding carboxylic acids is 1. The lowest BCUT2D eigenvalue weighted by molar-refractivity contribution is 0.173. The number of nitrogens with one attached hydrogen (secondary N) is 1. The van der Waals surface area contributed by atoms with Crippen LogP contribution in [0.1, 0.15) is 30.9 Å². The number of hydrogen-bond donors (Lipinski definition) is 1. The van der Waals surface area contributed by atoms with Gasteiger partial charge in [0.1, 0.15) is 0 Å². The van der Waals surface area contributed by atoms with Gasteiger partial charge in [-0.15, -0.1) is 0 Å². The van der Waals surface area contributed by atoms with E-state index < -0.39 is 0 Å². The van der Waals surface area contributed by atoms with Gasteiger partial charge in [-0.2, -0.15) is 0 Å². The molecule has 20 heavy (non-hydrogen) atoms. The molecule has 4 nitrogen and oxygen atoms in total. The molecular weight excluding hydrogens is 252 g/mol. The van der Waals surface area contributed by atoms with Gasteiger partial charge >= 0.3 is 6.03 Å². The predicted octanol–water partition coefficient (Wildman–Crippen LogP) is 2.77. The van der Waals surface area contributed by atoms with E-state index >= 15 is 0 Å². The van der Waals surface area contributed by atoms with E-state index in [9.17, 15) is 4.79 Å². The van der Waals surface area contributed by atoms with Crippen LogP contribution in [-0.4, -0.2) is 31.1 Å². The average molecular weight is 276 g/mol. The lowest BCUT2D eigenvalue weighted by Gasteiger charge is -2.30. The zero-order valence-electron chi connectivity index (χ0n) is 12.4. The van der Waals surface area contributed by atoms with E-state index in [4.69, 9.17) is 4.74 Å². The zero-order chi connectivity index (χ0) is 14.4. The first-order valence-corrected chi connectivity index (χ1v) is 7.28. The van der Waals surface area contributed by atoms with Gasteiger partial charge in [-0.05, 0) is 29.9 Å². The number of piperidine rings is 1. The van der Waals surface area contributed by atoms with Gasteiger partial charge in [0.25, 0.3) is 0 Å². The summed E-state index contributed by atoms with van der Waals surface area (Å²) >= 11 is 0. The van der Waals surface area contributed by atoms with Gasteiger partial charge in [0.15, 0.2) is 0 Å². The highest BCUT2D eigenvalue weighted by molar-refractivity contribution is 5.74. The molecule has 1 heterocycles. The number of urea groups is 1. The first-order chi connectivity index (χ1) is 9.69. The van der Waals surface area contributed by atoms with Crippen LogP contribution in [0.4, 0.5) is 4.79 Å². The second-order valence-electron chi connectivity index (χ2n) is 5.58. The minimum absolute atomic E-state index is 0.0536. The lowest BCUT2D eigenvalue weighted by atomic mass is 10.00. The Labute approximate surface area is 121 Å². The summed E-state index contributed by atoms with van der Waals surface area (Å²) in [6.07, 6.45) is 2.22. The lowest BCUT2D eigenvalue weighted by Crippen LogP contribution is -2.43. The van der Waals surface area contributed by atoms with E-state index in [1.54, 1.807) is 7.11 Å². The quantitative estimate of drug-likeness (QED) is 0.918. The maximum atomic E-state index is 12.0. The molecule has 0 saturated carbocycles. The molecule has 0 spiro atoms. The van der Waals surface area contributed by atoms with Crippen LogP contribution in [0.25, 0.3) is 0 Å². The summed E-state index contributed by atoms with van der Waals surface area (Å²) in [5, 5.41) is 2.99. The second kappa shape index (κ2) is 7.29. The Balaban J connectivity index is 1.78. The number of benzene rings is 1. The van der Waals surface area contributed by atoms with Gasteiger partial charge < -0.3 is 15.0 Å². The topological polar surface area (TPSA) is 41.6 Å². The van der Waals surface area contributed by atoms with Crippen molar-refractivity contribution in [3.8, 4) is 0 Å². The molecule has 2 rings (SSSR count). The van der Waals surface area contributed by atoms with Crippen LogP contribution in [0.15, 0.2) is 24.3 Å². The number of methoxy groups -OCH3 is 1. The van der Waals surface area contributed by atoms with E-state index in [1.165, 1.54) is 0 Å². The number of likely N-dealkylation sites (tertiary alicyclic amines) is 1. The number of rotatable bonds is 4. The molecule has 1 aliphatic heterocycles. The first kappa shape index (κ1) is 14.9. The van der Waals surface area contributed by atoms with Gasteiger partial charge in [-0.3, -0.25) is 0 Å². The van der Waals surface area contributed by atoms with Crippen LogP contribution in [0.5, 0.6) is 0 Å². The molecule has 110 valence electrons. The fourth-order valence-electron chi connectivity index (χ4n) is 2.42. The third-order valence-corrected chi connectivity index (χ3v) is 3.85. The standard InChI is InChI=1S/C16H24N2O2/c1-13-7-9-18(10-8-13)16(19)17-11-14-3-5-15(6-4-14)12-20-2/h3-6,13H,7-12H2,1-2H3,(H,17,19). The largest absolute Gasteiger partial charge is 0.380 e. The molecule has 0 aromatic heterocycles. The maximum absolute atomic E-state index is 12.0. The van der Waals surface area contributed by atoms with Gasteiger partial charge in [0.05, 0.1) is 6.61 Å². The summed E-state index contributed by atoms with van der Waals surface area (Å²) in [5.74, 6) is 0.743. The predicted molar refractivity (Wildman–Crippen MR) is 79.4 cm³/mol. The van der Waals surface area contributed by atoms with Crippen molar-refractivity contribution >= 4 is 6.03 Å². The van der Waals surface area contributed by atoms with Crippen LogP contribution >= 0.6 is 0 Å². The highest BCUT2D eigenvalue weighted by Crippen LogP contribution is 2.15. The SMILES string of the molecule is COCc1ccc(CNC(=O)N2CCC(C)CC2)cc1. The van der Waals surface area contributed by atoms with Crippen LogP contribution in [-0.2, 0) is 17.9 Å². The molecule has 1 N–H and O–H groups in total. The molecular formula is C16H24N2O2. The highest BCUT2D eigenvalue weighted by atomic mass is 16.5. The molecule has 0 atom stereocenters. The van der Waals surface area contributed by atoms with Crippen LogP contribution in [0.2, 0.25) is 0 Å². The smallest absolute Gasteiger partial charge is 0.317 e. The summed E-state index contributed by atoms with van der Waals surface area (Å²) < 4.78 is 5.08. The third kappa shape index (κ3) is 4.23. The van der Waals surface area contributed by atoms with E-state index in [0.717, 1.165) is 43.0 Å². The van der Waals surface area contributed by atoms with Crippen LogP contribution < -0.4 is 5.32 Å². The average Bonchev–Trinajstić information content (AvgIpc) is 2.47. The first-order valence-electron chi connectivity index (χ1n) is 7.28. The fraction of sp³-hybridized carbons (Fsp3) is 0.562. The Kier molecular flexibility index (Phi) is 5.41. The van der Waals surface area contributed by atoms with Crippen molar-refractivity contribution in [2.24, 2.45) is 5.92 Å². The van der Waals surface area contributed by atoms with E-state index in [0.29, 0.717) is 13.2 Å². The Morgan fingerprint density at radius 1 is 1.25 bits per heavy atom. The summed E-state index contributed by atoms with van der Waals surface area (Å²) in [5.41, 5.74) is 2.26. The number of nitrogens with zero attached hydrogens (tertiary/aromatic N) is 1. The Morgan fingerprint density at radius 3 is 2.45 bits per heavy atom. The van der Waals surface area contributed by atoms with E-state index in [1.807, 2.05) is 29.2 Å². The van der Waals surface area contributed by atoms with Gasteiger partial charge in [0, 0.05) is 26.7 Å². The normalized spacial score (nSPS) is 16.2. The Bertz CT molecular complexity index is 423. The molecule has 1 fully saturated rings. The fourth-order valence-corrected chi connectivity index (χ4v) is 2.42. The van der Waals surface area contributed by atoms with E-state index in [2.05, 4.69) is 12.2 Å². The van der Waals surface area contributed by atoms with Gasteiger partial charge in [-0.25, -0.2) is 4.79 Å². The second-order valence-corrected chi connectivity index (χ2v) is 5.58. The van der Waals surface area contributed by atoms with Crippen molar-refractivity contribution in [3.05, 3.63) is 35.4 Å². The monoisotopic (exact) mass is 276 g/mol. The third-order valence-electron chi connectivity index (χ3n) is 3.85. The number of amides is 2. The summed E-state index contributed by atoms with van der Waals surface area (Å²) in [6, 6.07) is 8.19. The number of hydrogen-bond acceptors (Lipinski definition) is 2. The molecule has 2 amide bonds. The Hall–Kier alpha value is -1.55. The molecule has 4 heteroatoms. The van der Waals surface area contributed by atoms with Crippen molar-refractivity contribution < 1.29 is 9.53 Å². The molecule has 0 unspecified atom stereocenters. The van der Waals surface area contributed by atoms with Crippen molar-refractivity contribution in [2.75, 3.05) is 20.2 Å². The molecule has 1 saturated heterocycles. The number of carbonyl (C=O) groups is 1. The number of ether oxygens (including phenoxy) is 1. The van der Waals surface area contributed by atoms with Crippen molar-refractivity contribution in [3.63, 3.8) is 0 Å². The minimum atomic E-state index is 0.0536. The summed E-state index contributed by atoms with van der Waals surface area (Å²) in [4.78, 5) is 14.0.